The topological polar surface area (TPSA) is 72.6 Å². The van der Waals surface area contributed by atoms with E-state index in [9.17, 15) is 8.42 Å². The molecule has 1 aromatic carbocycles. The summed E-state index contributed by atoms with van der Waals surface area (Å²) in [6.45, 7) is 2.39. The van der Waals surface area contributed by atoms with Crippen LogP contribution in [-0.4, -0.2) is 38.5 Å². The van der Waals surface area contributed by atoms with Crippen LogP contribution in [-0.2, 0) is 10.0 Å². The first-order chi connectivity index (χ1) is 9.87. The number of hydrogen-bond donors (Lipinski definition) is 1. The predicted molar refractivity (Wildman–Crippen MR) is 93.1 cm³/mol. The fourth-order valence-corrected chi connectivity index (χ4v) is 5.19. The monoisotopic (exact) mass is 412 g/mol. The third kappa shape index (κ3) is 3.94. The number of halogens is 2. The van der Waals surface area contributed by atoms with Crippen LogP contribution < -0.4 is 10.5 Å². The molecule has 1 fully saturated rings. The molecule has 0 radical (unpaired) electrons. The van der Waals surface area contributed by atoms with Gasteiger partial charge in [-0.05, 0) is 53.9 Å². The molecule has 2 rings (SSSR count). The van der Waals surface area contributed by atoms with Crippen molar-refractivity contribution in [3.63, 3.8) is 0 Å². The molecule has 0 bridgehead atoms. The summed E-state index contributed by atoms with van der Waals surface area (Å²) in [5.41, 5.74) is 5.97. The molecular formula is C14H22BrClN2O3S. The van der Waals surface area contributed by atoms with E-state index in [0.717, 1.165) is 19.3 Å². The summed E-state index contributed by atoms with van der Waals surface area (Å²) in [6.07, 6.45) is 2.71. The smallest absolute Gasteiger partial charge is 0.243 e. The summed E-state index contributed by atoms with van der Waals surface area (Å²) in [5.74, 6) is 0.608. The summed E-state index contributed by atoms with van der Waals surface area (Å²) < 4.78 is 33.0. The zero-order valence-corrected chi connectivity index (χ0v) is 15.9. The minimum absolute atomic E-state index is 0. The van der Waals surface area contributed by atoms with Gasteiger partial charge >= 0.3 is 0 Å². The molecule has 0 aromatic heterocycles. The van der Waals surface area contributed by atoms with Crippen LogP contribution in [0.15, 0.2) is 27.6 Å². The molecule has 22 heavy (non-hydrogen) atoms. The molecule has 0 aliphatic carbocycles. The van der Waals surface area contributed by atoms with E-state index >= 15 is 0 Å². The van der Waals surface area contributed by atoms with Crippen LogP contribution in [0.5, 0.6) is 5.75 Å². The van der Waals surface area contributed by atoms with Crippen LogP contribution in [0.3, 0.4) is 0 Å². The van der Waals surface area contributed by atoms with Gasteiger partial charge in [0.2, 0.25) is 10.0 Å². The molecule has 1 saturated heterocycles. The Bertz CT molecular complexity index is 610. The van der Waals surface area contributed by atoms with Crippen molar-refractivity contribution in [3.8, 4) is 5.75 Å². The molecule has 126 valence electrons. The van der Waals surface area contributed by atoms with Gasteiger partial charge in [0.15, 0.2) is 0 Å². The molecule has 2 atom stereocenters. The van der Waals surface area contributed by atoms with Crippen LogP contribution in [0.1, 0.15) is 26.2 Å². The number of methoxy groups -OCH3 is 1. The Morgan fingerprint density at radius 1 is 1.41 bits per heavy atom. The second-order valence-corrected chi connectivity index (χ2v) is 8.08. The minimum Gasteiger partial charge on any atom is -0.496 e. The van der Waals surface area contributed by atoms with Crippen molar-refractivity contribution in [2.45, 2.75) is 43.2 Å². The lowest BCUT2D eigenvalue weighted by atomic mass is 10.00. The number of rotatable bonds is 4. The van der Waals surface area contributed by atoms with E-state index < -0.39 is 10.0 Å². The molecule has 0 amide bonds. The van der Waals surface area contributed by atoms with Crippen LogP contribution in [0.4, 0.5) is 0 Å². The van der Waals surface area contributed by atoms with Gasteiger partial charge in [0.25, 0.3) is 0 Å². The Hall–Kier alpha value is -0.340. The number of piperidine rings is 1. The summed E-state index contributed by atoms with van der Waals surface area (Å²) in [4.78, 5) is 0.266. The molecule has 1 aliphatic rings. The summed E-state index contributed by atoms with van der Waals surface area (Å²) in [7, 11) is -1.99. The molecule has 0 saturated carbocycles. The zero-order valence-electron chi connectivity index (χ0n) is 12.7. The van der Waals surface area contributed by atoms with Crippen molar-refractivity contribution in [1.82, 2.24) is 4.31 Å². The highest BCUT2D eigenvalue weighted by atomic mass is 79.9. The van der Waals surface area contributed by atoms with E-state index in [1.54, 1.807) is 29.6 Å². The Morgan fingerprint density at radius 2 is 2.09 bits per heavy atom. The molecule has 1 aliphatic heterocycles. The highest BCUT2D eigenvalue weighted by Crippen LogP contribution is 2.31. The van der Waals surface area contributed by atoms with Crippen molar-refractivity contribution in [1.29, 1.82) is 0 Å². The number of benzene rings is 1. The first-order valence-electron chi connectivity index (χ1n) is 6.99. The number of hydrogen-bond acceptors (Lipinski definition) is 4. The van der Waals surface area contributed by atoms with Gasteiger partial charge in [0.05, 0.1) is 16.5 Å². The van der Waals surface area contributed by atoms with E-state index in [4.69, 9.17) is 10.5 Å². The van der Waals surface area contributed by atoms with Crippen molar-refractivity contribution in [3.05, 3.63) is 22.7 Å². The molecule has 2 N–H and O–H groups in total. The van der Waals surface area contributed by atoms with Crippen molar-refractivity contribution >= 4 is 38.4 Å². The van der Waals surface area contributed by atoms with E-state index in [1.807, 2.05) is 6.92 Å². The average Bonchev–Trinajstić information content (AvgIpc) is 2.47. The Labute approximate surface area is 146 Å². The average molecular weight is 414 g/mol. The fraction of sp³-hybridized carbons (Fsp3) is 0.571. The largest absolute Gasteiger partial charge is 0.496 e. The number of nitrogens with two attached hydrogens (primary N) is 1. The Kier molecular flexibility index (Phi) is 7.14. The highest BCUT2D eigenvalue weighted by molar-refractivity contribution is 9.10. The molecule has 5 nitrogen and oxygen atoms in total. The lowest BCUT2D eigenvalue weighted by molar-refractivity contribution is 0.227. The fourth-order valence-electron chi connectivity index (χ4n) is 2.70. The van der Waals surface area contributed by atoms with Crippen LogP contribution in [0.25, 0.3) is 0 Å². The lowest BCUT2D eigenvalue weighted by Gasteiger charge is -2.36. The van der Waals surface area contributed by atoms with Crippen molar-refractivity contribution < 1.29 is 13.2 Å². The lowest BCUT2D eigenvalue weighted by Crippen LogP contribution is -2.51. The molecule has 8 heteroatoms. The van der Waals surface area contributed by atoms with Crippen molar-refractivity contribution in [2.24, 2.45) is 5.73 Å². The van der Waals surface area contributed by atoms with Gasteiger partial charge in [-0.1, -0.05) is 6.42 Å². The molecule has 1 heterocycles. The zero-order chi connectivity index (χ0) is 15.6. The van der Waals surface area contributed by atoms with Gasteiger partial charge in [-0.15, -0.1) is 12.4 Å². The van der Waals surface area contributed by atoms with E-state index in [-0.39, 0.29) is 29.4 Å². The number of sulfonamides is 1. The summed E-state index contributed by atoms with van der Waals surface area (Å²) in [6, 6.07) is 4.50. The summed E-state index contributed by atoms with van der Waals surface area (Å²) >= 11 is 3.34. The second kappa shape index (κ2) is 7.97. The third-order valence-electron chi connectivity index (χ3n) is 3.84. The molecule has 2 unspecified atom stereocenters. The van der Waals surface area contributed by atoms with E-state index in [0.29, 0.717) is 16.8 Å². The molecule has 0 spiro atoms. The quantitative estimate of drug-likeness (QED) is 0.824. The minimum atomic E-state index is -3.54. The van der Waals surface area contributed by atoms with Gasteiger partial charge in [-0.2, -0.15) is 4.31 Å². The van der Waals surface area contributed by atoms with Gasteiger partial charge in [0.1, 0.15) is 5.75 Å². The predicted octanol–water partition coefficient (Wildman–Crippen LogP) is 2.77. The molecule has 1 aromatic rings. The first kappa shape index (κ1) is 19.7. The molecular weight excluding hydrogens is 392 g/mol. The first-order valence-corrected chi connectivity index (χ1v) is 9.22. The SMILES string of the molecule is COc1ccc(S(=O)(=O)N2CCCCC2C(C)N)cc1Br.Cl. The van der Waals surface area contributed by atoms with Gasteiger partial charge in [0, 0.05) is 18.6 Å². The number of nitrogens with zero attached hydrogens (tertiary/aromatic N) is 1. The Balaban J connectivity index is 0.00000242. The highest BCUT2D eigenvalue weighted by Gasteiger charge is 2.35. The standard InChI is InChI=1S/C14H21BrN2O3S.ClH/c1-10(16)13-5-3-4-8-17(13)21(18,19)11-6-7-14(20-2)12(15)9-11;/h6-7,9-10,13H,3-5,8,16H2,1-2H3;1H. The second-order valence-electron chi connectivity index (χ2n) is 5.33. The number of ether oxygens (including phenoxy) is 1. The van der Waals surface area contributed by atoms with Gasteiger partial charge in [-0.3, -0.25) is 0 Å². The van der Waals surface area contributed by atoms with Crippen LogP contribution in [0.2, 0.25) is 0 Å². The maximum absolute atomic E-state index is 12.9. The van der Waals surface area contributed by atoms with Gasteiger partial charge < -0.3 is 10.5 Å². The van der Waals surface area contributed by atoms with Crippen LogP contribution >= 0.6 is 28.3 Å². The van der Waals surface area contributed by atoms with E-state index in [2.05, 4.69) is 15.9 Å². The maximum atomic E-state index is 12.9. The third-order valence-corrected chi connectivity index (χ3v) is 6.38. The van der Waals surface area contributed by atoms with E-state index in [1.165, 1.54) is 0 Å². The van der Waals surface area contributed by atoms with Crippen molar-refractivity contribution in [2.75, 3.05) is 13.7 Å². The normalized spacial score (nSPS) is 21.0. The Morgan fingerprint density at radius 3 is 2.64 bits per heavy atom. The van der Waals surface area contributed by atoms with Gasteiger partial charge in [-0.25, -0.2) is 8.42 Å². The van der Waals surface area contributed by atoms with Crippen LogP contribution in [0, 0.1) is 0 Å². The summed E-state index contributed by atoms with van der Waals surface area (Å²) in [5, 5.41) is 0. The maximum Gasteiger partial charge on any atom is 0.243 e.